The van der Waals surface area contributed by atoms with E-state index in [4.69, 9.17) is 21.1 Å². The standard InChI is InChI=1S/C24H19NO5S3/c1-29-21-14-18(12-13-20(21)30-33(27,28)19-10-6-3-7-11-19)15-22-23(26)25(24(31)32-22)16-17-8-4-2-5-9-17/h2-15H,16H2,1H3/b22-15+. The third-order valence-corrected chi connectivity index (χ3v) is 7.40. The number of hydrogen-bond donors (Lipinski definition) is 0. The Balaban J connectivity index is 1.55. The molecule has 168 valence electrons. The van der Waals surface area contributed by atoms with Crippen LogP contribution in [0.15, 0.2) is 88.7 Å². The lowest BCUT2D eigenvalue weighted by Crippen LogP contribution is -2.27. The molecule has 0 atom stereocenters. The van der Waals surface area contributed by atoms with Crippen molar-refractivity contribution in [2.75, 3.05) is 7.11 Å². The molecule has 3 aromatic rings. The highest BCUT2D eigenvalue weighted by atomic mass is 32.2. The number of thiocarbonyl (C=S) groups is 1. The zero-order chi connectivity index (χ0) is 23.4. The summed E-state index contributed by atoms with van der Waals surface area (Å²) in [5.41, 5.74) is 1.63. The van der Waals surface area contributed by atoms with E-state index in [9.17, 15) is 13.2 Å². The molecule has 0 bridgehead atoms. The molecule has 0 aliphatic carbocycles. The number of nitrogens with zero attached hydrogens (tertiary/aromatic N) is 1. The monoisotopic (exact) mass is 497 g/mol. The molecule has 0 saturated carbocycles. The molecular weight excluding hydrogens is 478 g/mol. The number of rotatable bonds is 7. The van der Waals surface area contributed by atoms with Crippen LogP contribution >= 0.6 is 24.0 Å². The first-order chi connectivity index (χ1) is 15.9. The molecule has 1 amide bonds. The molecule has 6 nitrogen and oxygen atoms in total. The number of carbonyl (C=O) groups excluding carboxylic acids is 1. The van der Waals surface area contributed by atoms with Crippen molar-refractivity contribution >= 4 is 50.4 Å². The summed E-state index contributed by atoms with van der Waals surface area (Å²) in [6, 6.07) is 22.2. The normalized spacial score (nSPS) is 15.2. The summed E-state index contributed by atoms with van der Waals surface area (Å²) in [6.07, 6.45) is 1.70. The molecule has 1 fully saturated rings. The first kappa shape index (κ1) is 23.0. The van der Waals surface area contributed by atoms with E-state index in [1.54, 1.807) is 41.3 Å². The Hall–Kier alpha value is -3.14. The SMILES string of the molecule is COc1cc(/C=C2/SC(=S)N(Cc3ccccc3)C2=O)ccc1OS(=O)(=O)c1ccccc1. The third-order valence-electron chi connectivity index (χ3n) is 4.77. The minimum absolute atomic E-state index is 0.0400. The van der Waals surface area contributed by atoms with Crippen molar-refractivity contribution in [3.8, 4) is 11.5 Å². The summed E-state index contributed by atoms with van der Waals surface area (Å²) in [4.78, 5) is 15.0. The van der Waals surface area contributed by atoms with Crippen molar-refractivity contribution in [3.63, 3.8) is 0 Å². The van der Waals surface area contributed by atoms with Gasteiger partial charge < -0.3 is 8.92 Å². The van der Waals surface area contributed by atoms with Crippen molar-refractivity contribution in [2.45, 2.75) is 11.4 Å². The number of hydrogen-bond acceptors (Lipinski definition) is 7. The number of ether oxygens (including phenoxy) is 1. The molecule has 0 radical (unpaired) electrons. The van der Waals surface area contributed by atoms with Gasteiger partial charge in [0, 0.05) is 0 Å². The van der Waals surface area contributed by atoms with Crippen molar-refractivity contribution in [3.05, 3.63) is 94.9 Å². The van der Waals surface area contributed by atoms with Crippen LogP contribution in [0.5, 0.6) is 11.5 Å². The lowest BCUT2D eigenvalue weighted by Gasteiger charge is -2.14. The van der Waals surface area contributed by atoms with E-state index in [1.807, 2.05) is 30.3 Å². The molecule has 0 N–H and O–H groups in total. The van der Waals surface area contributed by atoms with Gasteiger partial charge in [-0.25, -0.2) is 0 Å². The van der Waals surface area contributed by atoms with Gasteiger partial charge in [0.05, 0.1) is 18.6 Å². The molecule has 33 heavy (non-hydrogen) atoms. The quantitative estimate of drug-likeness (QED) is 0.262. The van der Waals surface area contributed by atoms with Gasteiger partial charge in [-0.15, -0.1) is 0 Å². The van der Waals surface area contributed by atoms with Gasteiger partial charge in [0.1, 0.15) is 9.22 Å². The van der Waals surface area contributed by atoms with Gasteiger partial charge >= 0.3 is 10.1 Å². The van der Waals surface area contributed by atoms with Crippen LogP contribution in [0.3, 0.4) is 0 Å². The Labute approximate surface area is 202 Å². The fourth-order valence-corrected chi connectivity index (χ4v) is 5.37. The van der Waals surface area contributed by atoms with Crippen LogP contribution < -0.4 is 8.92 Å². The second kappa shape index (κ2) is 9.78. The summed E-state index contributed by atoms with van der Waals surface area (Å²) >= 11 is 6.62. The molecule has 0 spiro atoms. The molecule has 0 unspecified atom stereocenters. The van der Waals surface area contributed by atoms with Gasteiger partial charge in [-0.1, -0.05) is 78.6 Å². The second-order valence-electron chi connectivity index (χ2n) is 7.01. The Morgan fingerprint density at radius 2 is 1.64 bits per heavy atom. The smallest absolute Gasteiger partial charge is 0.339 e. The Morgan fingerprint density at radius 1 is 0.970 bits per heavy atom. The summed E-state index contributed by atoms with van der Waals surface area (Å²) in [5, 5.41) is 0. The van der Waals surface area contributed by atoms with Crippen LogP contribution in [-0.4, -0.2) is 30.7 Å². The van der Waals surface area contributed by atoms with E-state index < -0.39 is 10.1 Å². The summed E-state index contributed by atoms with van der Waals surface area (Å²) in [6.45, 7) is 0.399. The minimum atomic E-state index is -4.01. The lowest BCUT2D eigenvalue weighted by molar-refractivity contribution is -0.122. The summed E-state index contributed by atoms with van der Waals surface area (Å²) in [5.74, 6) is 0.0953. The maximum atomic E-state index is 12.9. The van der Waals surface area contributed by atoms with Gasteiger partial charge in [-0.3, -0.25) is 9.69 Å². The number of methoxy groups -OCH3 is 1. The molecule has 0 aromatic heterocycles. The Bertz CT molecular complexity index is 1320. The maximum absolute atomic E-state index is 12.9. The zero-order valence-electron chi connectivity index (χ0n) is 17.5. The number of amides is 1. The van der Waals surface area contributed by atoms with E-state index >= 15 is 0 Å². The Kier molecular flexibility index (Phi) is 6.83. The molecular formula is C24H19NO5S3. The number of thioether (sulfide) groups is 1. The van der Waals surface area contributed by atoms with E-state index in [-0.39, 0.29) is 22.3 Å². The van der Waals surface area contributed by atoms with Crippen molar-refractivity contribution in [2.24, 2.45) is 0 Å². The highest BCUT2D eigenvalue weighted by Crippen LogP contribution is 2.36. The second-order valence-corrected chi connectivity index (χ2v) is 10.2. The molecule has 3 aromatic carbocycles. The Morgan fingerprint density at radius 3 is 2.30 bits per heavy atom. The average Bonchev–Trinajstić information content (AvgIpc) is 3.08. The average molecular weight is 498 g/mol. The molecule has 1 aliphatic heterocycles. The first-order valence-electron chi connectivity index (χ1n) is 9.84. The van der Waals surface area contributed by atoms with E-state index in [0.717, 1.165) is 5.56 Å². The van der Waals surface area contributed by atoms with Crippen LogP contribution in [-0.2, 0) is 21.5 Å². The molecule has 9 heteroatoms. The first-order valence-corrected chi connectivity index (χ1v) is 12.5. The molecule has 1 heterocycles. The minimum Gasteiger partial charge on any atom is -0.493 e. The van der Waals surface area contributed by atoms with Gasteiger partial charge in [-0.2, -0.15) is 8.42 Å². The molecule has 4 rings (SSSR count). The van der Waals surface area contributed by atoms with Crippen molar-refractivity contribution in [1.82, 2.24) is 4.90 Å². The van der Waals surface area contributed by atoms with Crippen LogP contribution in [0.1, 0.15) is 11.1 Å². The lowest BCUT2D eigenvalue weighted by atomic mass is 10.1. The number of benzene rings is 3. The predicted octanol–water partition coefficient (Wildman–Crippen LogP) is 4.86. The van der Waals surface area contributed by atoms with E-state index in [0.29, 0.717) is 21.3 Å². The third kappa shape index (κ3) is 5.27. The van der Waals surface area contributed by atoms with Crippen LogP contribution in [0.4, 0.5) is 0 Å². The van der Waals surface area contributed by atoms with Gasteiger partial charge in [-0.05, 0) is 41.5 Å². The topological polar surface area (TPSA) is 72.9 Å². The molecule has 1 aliphatic rings. The highest BCUT2D eigenvalue weighted by Gasteiger charge is 2.32. The predicted molar refractivity (Wildman–Crippen MR) is 132 cm³/mol. The highest BCUT2D eigenvalue weighted by molar-refractivity contribution is 8.26. The summed E-state index contributed by atoms with van der Waals surface area (Å²) in [7, 11) is -2.59. The van der Waals surface area contributed by atoms with Crippen LogP contribution in [0.25, 0.3) is 6.08 Å². The van der Waals surface area contributed by atoms with Crippen LogP contribution in [0.2, 0.25) is 0 Å². The zero-order valence-corrected chi connectivity index (χ0v) is 20.0. The van der Waals surface area contributed by atoms with Gasteiger partial charge in [0.15, 0.2) is 11.5 Å². The van der Waals surface area contributed by atoms with Gasteiger partial charge in [0.2, 0.25) is 0 Å². The van der Waals surface area contributed by atoms with E-state index in [2.05, 4.69) is 0 Å². The van der Waals surface area contributed by atoms with Gasteiger partial charge in [0.25, 0.3) is 5.91 Å². The van der Waals surface area contributed by atoms with E-state index in [1.165, 1.54) is 37.1 Å². The number of carbonyl (C=O) groups is 1. The van der Waals surface area contributed by atoms with Crippen molar-refractivity contribution < 1.29 is 22.1 Å². The summed E-state index contributed by atoms with van der Waals surface area (Å²) < 4.78 is 36.2. The van der Waals surface area contributed by atoms with Crippen molar-refractivity contribution in [1.29, 1.82) is 0 Å². The molecule has 1 saturated heterocycles. The maximum Gasteiger partial charge on any atom is 0.339 e. The fourth-order valence-electron chi connectivity index (χ4n) is 3.15. The largest absolute Gasteiger partial charge is 0.493 e. The fraction of sp³-hybridized carbons (Fsp3) is 0.0833. The van der Waals surface area contributed by atoms with Crippen LogP contribution in [0, 0.1) is 0 Å².